The van der Waals surface area contributed by atoms with E-state index < -0.39 is 0 Å². The Morgan fingerprint density at radius 1 is 1.50 bits per heavy atom. The molecule has 2 aromatic rings. The van der Waals surface area contributed by atoms with E-state index in [2.05, 4.69) is 20.5 Å². The number of anilines is 1. The Hall–Kier alpha value is -2.08. The van der Waals surface area contributed by atoms with Gasteiger partial charge in [-0.15, -0.1) is 0 Å². The van der Waals surface area contributed by atoms with Crippen molar-refractivity contribution < 1.29 is 4.79 Å². The minimum absolute atomic E-state index is 0.264. The molecule has 0 fully saturated rings. The van der Waals surface area contributed by atoms with E-state index in [1.54, 1.807) is 31.3 Å². The maximum absolute atomic E-state index is 11.9. The van der Waals surface area contributed by atoms with E-state index in [1.807, 2.05) is 0 Å². The number of aromatic nitrogens is 3. The van der Waals surface area contributed by atoms with Crippen LogP contribution >= 0.6 is 11.6 Å². The molecule has 94 valence electrons. The molecule has 0 aliphatic carbocycles. The molecule has 0 aliphatic rings. The lowest BCUT2D eigenvalue weighted by molar-refractivity contribution is 0.219. The number of carbonyl (C=O) groups excluding carboxylic acids is 1. The minimum Gasteiger partial charge on any atom is -0.320 e. The molecule has 0 bridgehead atoms. The van der Waals surface area contributed by atoms with E-state index in [9.17, 15) is 4.79 Å². The van der Waals surface area contributed by atoms with Gasteiger partial charge >= 0.3 is 6.03 Å². The number of carbonyl (C=O) groups is 1. The summed E-state index contributed by atoms with van der Waals surface area (Å²) in [6.45, 7) is 0.344. The maximum Gasteiger partial charge on any atom is 0.322 e. The topological polar surface area (TPSA) is 73.9 Å². The van der Waals surface area contributed by atoms with Gasteiger partial charge in [0.25, 0.3) is 0 Å². The molecule has 0 atom stereocenters. The molecule has 6 nitrogen and oxygen atoms in total. The van der Waals surface area contributed by atoms with Gasteiger partial charge in [-0.05, 0) is 12.1 Å². The Kier molecular flexibility index (Phi) is 3.78. The van der Waals surface area contributed by atoms with Crippen molar-refractivity contribution in [2.75, 3.05) is 12.4 Å². The highest BCUT2D eigenvalue weighted by Crippen LogP contribution is 2.20. The number of benzene rings is 1. The number of nitrogens with zero attached hydrogens (tertiary/aromatic N) is 3. The fraction of sp³-hybridized carbons (Fsp3) is 0.182. The molecule has 0 saturated heterocycles. The molecule has 7 heteroatoms. The Labute approximate surface area is 109 Å². The third kappa shape index (κ3) is 2.98. The summed E-state index contributed by atoms with van der Waals surface area (Å²) in [5, 5.41) is 9.62. The number of amides is 2. The molecule has 1 aromatic heterocycles. The van der Waals surface area contributed by atoms with Gasteiger partial charge in [-0.25, -0.2) is 9.78 Å². The molecular formula is C11H12ClN5O. The number of para-hydroxylation sites is 1. The van der Waals surface area contributed by atoms with Gasteiger partial charge in [0.05, 0.1) is 17.3 Å². The predicted molar refractivity (Wildman–Crippen MR) is 68.3 cm³/mol. The number of aromatic amines is 1. The monoisotopic (exact) mass is 265 g/mol. The van der Waals surface area contributed by atoms with Crippen molar-refractivity contribution in [3.8, 4) is 0 Å². The summed E-state index contributed by atoms with van der Waals surface area (Å²) in [7, 11) is 1.66. The first kappa shape index (κ1) is 12.4. The number of urea groups is 1. The average Bonchev–Trinajstić information content (AvgIpc) is 2.84. The molecule has 2 rings (SSSR count). The summed E-state index contributed by atoms with van der Waals surface area (Å²) in [6, 6.07) is 6.80. The quantitative estimate of drug-likeness (QED) is 0.893. The largest absolute Gasteiger partial charge is 0.322 e. The lowest BCUT2D eigenvalue weighted by Crippen LogP contribution is -2.31. The number of rotatable bonds is 3. The number of halogens is 1. The molecule has 0 saturated carbocycles. The summed E-state index contributed by atoms with van der Waals surface area (Å²) in [6.07, 6.45) is 1.40. The Bertz CT molecular complexity index is 528. The molecule has 0 radical (unpaired) electrons. The van der Waals surface area contributed by atoms with Crippen LogP contribution < -0.4 is 5.32 Å². The minimum atomic E-state index is -0.264. The van der Waals surface area contributed by atoms with Crippen LogP contribution in [0.25, 0.3) is 0 Å². The van der Waals surface area contributed by atoms with E-state index >= 15 is 0 Å². The van der Waals surface area contributed by atoms with Crippen LogP contribution in [-0.4, -0.2) is 33.2 Å². The zero-order valence-corrected chi connectivity index (χ0v) is 10.5. The summed E-state index contributed by atoms with van der Waals surface area (Å²) >= 11 is 5.95. The van der Waals surface area contributed by atoms with Crippen molar-refractivity contribution in [2.24, 2.45) is 0 Å². The van der Waals surface area contributed by atoms with Gasteiger partial charge in [0.1, 0.15) is 12.2 Å². The molecule has 0 aliphatic heterocycles. The van der Waals surface area contributed by atoms with Crippen LogP contribution in [0.15, 0.2) is 30.6 Å². The van der Waals surface area contributed by atoms with E-state index in [4.69, 9.17) is 11.6 Å². The Morgan fingerprint density at radius 3 is 2.94 bits per heavy atom. The second kappa shape index (κ2) is 5.50. The molecular weight excluding hydrogens is 254 g/mol. The lowest BCUT2D eigenvalue weighted by Gasteiger charge is -2.16. The summed E-state index contributed by atoms with van der Waals surface area (Å²) in [5.74, 6) is 0.617. The summed E-state index contributed by atoms with van der Waals surface area (Å²) < 4.78 is 0. The van der Waals surface area contributed by atoms with Crippen LogP contribution in [0.3, 0.4) is 0 Å². The standard InChI is InChI=1S/C11H12ClN5O/c1-17(6-10-13-7-14-16-10)11(18)15-9-5-3-2-4-8(9)12/h2-5,7H,6H2,1H3,(H,15,18)(H,13,14,16). The first-order chi connectivity index (χ1) is 8.66. The second-order valence-corrected chi connectivity index (χ2v) is 4.11. The second-order valence-electron chi connectivity index (χ2n) is 3.70. The molecule has 0 spiro atoms. The maximum atomic E-state index is 11.9. The zero-order valence-electron chi connectivity index (χ0n) is 9.72. The molecule has 2 N–H and O–H groups in total. The molecule has 1 heterocycles. The van der Waals surface area contributed by atoms with Crippen LogP contribution in [-0.2, 0) is 6.54 Å². The highest BCUT2D eigenvalue weighted by Gasteiger charge is 2.11. The number of nitrogens with one attached hydrogen (secondary N) is 2. The lowest BCUT2D eigenvalue weighted by atomic mass is 10.3. The van der Waals surface area contributed by atoms with Crippen molar-refractivity contribution >= 4 is 23.3 Å². The van der Waals surface area contributed by atoms with Crippen LogP contribution in [0.1, 0.15) is 5.82 Å². The highest BCUT2D eigenvalue weighted by atomic mass is 35.5. The van der Waals surface area contributed by atoms with Crippen molar-refractivity contribution in [3.63, 3.8) is 0 Å². The smallest absolute Gasteiger partial charge is 0.320 e. The van der Waals surface area contributed by atoms with Gasteiger partial charge in [0, 0.05) is 7.05 Å². The van der Waals surface area contributed by atoms with Crippen molar-refractivity contribution in [2.45, 2.75) is 6.54 Å². The van der Waals surface area contributed by atoms with E-state index in [0.717, 1.165) is 0 Å². The third-order valence-electron chi connectivity index (χ3n) is 2.31. The molecule has 1 aromatic carbocycles. The summed E-state index contributed by atoms with van der Waals surface area (Å²) in [4.78, 5) is 17.3. The Balaban J connectivity index is 1.98. The average molecular weight is 266 g/mol. The fourth-order valence-electron chi connectivity index (χ4n) is 1.38. The van der Waals surface area contributed by atoms with Crippen molar-refractivity contribution in [1.82, 2.24) is 20.1 Å². The van der Waals surface area contributed by atoms with E-state index in [-0.39, 0.29) is 6.03 Å². The van der Waals surface area contributed by atoms with Gasteiger partial charge in [0.2, 0.25) is 0 Å². The van der Waals surface area contributed by atoms with Gasteiger partial charge in [-0.3, -0.25) is 5.10 Å². The van der Waals surface area contributed by atoms with Gasteiger partial charge in [-0.2, -0.15) is 5.10 Å². The number of H-pyrrole nitrogens is 1. The number of hydrogen-bond acceptors (Lipinski definition) is 3. The van der Waals surface area contributed by atoms with E-state index in [1.165, 1.54) is 11.2 Å². The first-order valence-corrected chi connectivity index (χ1v) is 5.65. The van der Waals surface area contributed by atoms with Crippen LogP contribution in [0.2, 0.25) is 5.02 Å². The molecule has 2 amide bonds. The number of hydrogen-bond donors (Lipinski definition) is 2. The van der Waals surface area contributed by atoms with Crippen LogP contribution in [0.4, 0.5) is 10.5 Å². The van der Waals surface area contributed by atoms with Crippen molar-refractivity contribution in [1.29, 1.82) is 0 Å². The van der Waals surface area contributed by atoms with Crippen LogP contribution in [0.5, 0.6) is 0 Å². The molecule has 18 heavy (non-hydrogen) atoms. The highest BCUT2D eigenvalue weighted by molar-refractivity contribution is 6.33. The first-order valence-electron chi connectivity index (χ1n) is 5.27. The fourth-order valence-corrected chi connectivity index (χ4v) is 1.56. The Morgan fingerprint density at radius 2 is 2.28 bits per heavy atom. The third-order valence-corrected chi connectivity index (χ3v) is 2.64. The normalized spacial score (nSPS) is 10.1. The SMILES string of the molecule is CN(Cc1ncn[nH]1)C(=O)Nc1ccccc1Cl. The predicted octanol–water partition coefficient (Wildman–Crippen LogP) is 2.12. The molecule has 0 unspecified atom stereocenters. The zero-order chi connectivity index (χ0) is 13.0. The van der Waals surface area contributed by atoms with Crippen molar-refractivity contribution in [3.05, 3.63) is 41.4 Å². The van der Waals surface area contributed by atoms with E-state index in [0.29, 0.717) is 23.1 Å². The van der Waals surface area contributed by atoms with Gasteiger partial charge in [0.15, 0.2) is 0 Å². The van der Waals surface area contributed by atoms with Crippen LogP contribution in [0, 0.1) is 0 Å². The van der Waals surface area contributed by atoms with Gasteiger partial charge in [-0.1, -0.05) is 23.7 Å². The van der Waals surface area contributed by atoms with Gasteiger partial charge < -0.3 is 10.2 Å². The summed E-state index contributed by atoms with van der Waals surface area (Å²) in [5.41, 5.74) is 0.577.